The van der Waals surface area contributed by atoms with Gasteiger partial charge in [-0.05, 0) is 74.2 Å². The number of rotatable bonds is 5. The van der Waals surface area contributed by atoms with Crippen LogP contribution in [0.15, 0.2) is 41.8 Å². The Kier molecular flexibility index (Phi) is 5.49. The molecule has 0 N–H and O–H groups in total. The van der Waals surface area contributed by atoms with Gasteiger partial charge in [0.25, 0.3) is 0 Å². The molecule has 2 aromatic carbocycles. The molecular weight excluding hydrogens is 366 g/mol. The molecule has 1 aromatic heterocycles. The average molecular weight is 386 g/mol. The van der Waals surface area contributed by atoms with E-state index in [0.717, 1.165) is 22.4 Å². The van der Waals surface area contributed by atoms with Gasteiger partial charge in [-0.3, -0.25) is 9.36 Å². The van der Waals surface area contributed by atoms with Crippen molar-refractivity contribution in [1.82, 2.24) is 14.8 Å². The first-order chi connectivity index (χ1) is 12.4. The highest BCUT2D eigenvalue weighted by Gasteiger charge is 2.16. The largest absolute Gasteiger partial charge is 0.293 e. The van der Waals surface area contributed by atoms with E-state index in [-0.39, 0.29) is 5.78 Å². The lowest BCUT2D eigenvalue weighted by molar-refractivity contribution is 0.102. The van der Waals surface area contributed by atoms with Crippen LogP contribution in [0.3, 0.4) is 0 Å². The van der Waals surface area contributed by atoms with Crippen LogP contribution in [0.4, 0.5) is 0 Å². The van der Waals surface area contributed by atoms with Crippen LogP contribution in [0.1, 0.15) is 32.6 Å². The van der Waals surface area contributed by atoms with Gasteiger partial charge in [-0.15, -0.1) is 10.2 Å². The summed E-state index contributed by atoms with van der Waals surface area (Å²) < 4.78 is 1.84. The molecule has 134 valence electrons. The van der Waals surface area contributed by atoms with Gasteiger partial charge in [0.2, 0.25) is 0 Å². The van der Waals surface area contributed by atoms with Crippen LogP contribution in [0, 0.1) is 27.7 Å². The number of thioether (sulfide) groups is 1. The van der Waals surface area contributed by atoms with E-state index in [1.807, 2.05) is 48.7 Å². The van der Waals surface area contributed by atoms with Crippen molar-refractivity contribution in [1.29, 1.82) is 0 Å². The van der Waals surface area contributed by atoms with E-state index in [4.69, 9.17) is 11.6 Å². The molecule has 0 saturated carbocycles. The molecule has 3 rings (SSSR count). The number of Topliss-reactive ketones (excluding diaryl/α,β-unsaturated/α-hetero) is 1. The van der Waals surface area contributed by atoms with E-state index in [9.17, 15) is 4.79 Å². The van der Waals surface area contributed by atoms with E-state index in [1.54, 1.807) is 6.33 Å². The van der Waals surface area contributed by atoms with Crippen molar-refractivity contribution >= 4 is 29.1 Å². The molecule has 6 heteroatoms. The maximum absolute atomic E-state index is 12.8. The summed E-state index contributed by atoms with van der Waals surface area (Å²) in [6, 6.07) is 9.45. The Bertz CT molecular complexity index is 981. The second-order valence-corrected chi connectivity index (χ2v) is 7.67. The van der Waals surface area contributed by atoms with Gasteiger partial charge in [-0.25, -0.2) is 0 Å². The normalized spacial score (nSPS) is 11.0. The van der Waals surface area contributed by atoms with Gasteiger partial charge in [0.1, 0.15) is 6.33 Å². The van der Waals surface area contributed by atoms with Crippen LogP contribution in [0.2, 0.25) is 5.02 Å². The summed E-state index contributed by atoms with van der Waals surface area (Å²) in [7, 11) is 0. The van der Waals surface area contributed by atoms with Crippen molar-refractivity contribution in [2.45, 2.75) is 32.9 Å². The Labute approximate surface area is 162 Å². The summed E-state index contributed by atoms with van der Waals surface area (Å²) in [4.78, 5) is 12.8. The standard InChI is InChI=1S/C20H20ClN3OS/c1-12-8-18(15(4)14(3)13(12)2)19(25)10-26-20-23-22-11-24(20)17-7-5-6-16(21)9-17/h5-9,11H,10H2,1-4H3. The number of ketones is 1. The van der Waals surface area contributed by atoms with Crippen molar-refractivity contribution in [3.8, 4) is 5.69 Å². The number of aromatic nitrogens is 3. The molecule has 0 aliphatic rings. The number of hydrogen-bond acceptors (Lipinski definition) is 4. The summed E-state index contributed by atoms with van der Waals surface area (Å²) in [5.41, 5.74) is 6.27. The fraction of sp³-hybridized carbons (Fsp3) is 0.250. The molecule has 0 amide bonds. The average Bonchev–Trinajstić information content (AvgIpc) is 3.09. The zero-order valence-corrected chi connectivity index (χ0v) is 16.8. The maximum Gasteiger partial charge on any atom is 0.196 e. The predicted molar refractivity (Wildman–Crippen MR) is 107 cm³/mol. The number of hydrogen-bond donors (Lipinski definition) is 0. The van der Waals surface area contributed by atoms with Gasteiger partial charge in [-0.1, -0.05) is 29.4 Å². The van der Waals surface area contributed by atoms with E-state index in [1.165, 1.54) is 22.9 Å². The fourth-order valence-electron chi connectivity index (χ4n) is 2.84. The molecule has 4 nitrogen and oxygen atoms in total. The van der Waals surface area contributed by atoms with Gasteiger partial charge >= 0.3 is 0 Å². The molecule has 1 heterocycles. The Hall–Kier alpha value is -2.11. The molecule has 0 fully saturated rings. The van der Waals surface area contributed by atoms with Gasteiger partial charge < -0.3 is 0 Å². The van der Waals surface area contributed by atoms with Crippen molar-refractivity contribution < 1.29 is 4.79 Å². The monoisotopic (exact) mass is 385 g/mol. The minimum Gasteiger partial charge on any atom is -0.293 e. The van der Waals surface area contributed by atoms with Crippen molar-refractivity contribution in [2.24, 2.45) is 0 Å². The van der Waals surface area contributed by atoms with Gasteiger partial charge in [-0.2, -0.15) is 0 Å². The van der Waals surface area contributed by atoms with Crippen molar-refractivity contribution in [2.75, 3.05) is 5.75 Å². The molecule has 0 atom stereocenters. The first-order valence-corrected chi connectivity index (χ1v) is 9.64. The maximum atomic E-state index is 12.8. The SMILES string of the molecule is Cc1cc(C(=O)CSc2nncn2-c2cccc(Cl)c2)c(C)c(C)c1C. The highest BCUT2D eigenvalue weighted by Crippen LogP contribution is 2.25. The molecule has 0 spiro atoms. The first-order valence-electron chi connectivity index (χ1n) is 8.28. The van der Waals surface area contributed by atoms with Gasteiger partial charge in [0.05, 0.1) is 11.4 Å². The number of aryl methyl sites for hydroxylation is 1. The zero-order valence-electron chi connectivity index (χ0n) is 15.2. The third-order valence-electron chi connectivity index (χ3n) is 4.72. The van der Waals surface area contributed by atoms with Crippen molar-refractivity contribution in [3.63, 3.8) is 0 Å². The Morgan fingerprint density at radius 3 is 2.62 bits per heavy atom. The third-order valence-corrected chi connectivity index (χ3v) is 5.90. The van der Waals surface area contributed by atoms with Crippen LogP contribution in [-0.2, 0) is 0 Å². The van der Waals surface area contributed by atoms with Gasteiger partial charge in [0.15, 0.2) is 10.9 Å². The van der Waals surface area contributed by atoms with E-state index < -0.39 is 0 Å². The highest BCUT2D eigenvalue weighted by molar-refractivity contribution is 7.99. The lowest BCUT2D eigenvalue weighted by Crippen LogP contribution is -2.09. The van der Waals surface area contributed by atoms with E-state index >= 15 is 0 Å². The minimum absolute atomic E-state index is 0.0966. The quantitative estimate of drug-likeness (QED) is 0.451. The Balaban J connectivity index is 1.81. The number of carbonyl (C=O) groups excluding carboxylic acids is 1. The molecule has 0 unspecified atom stereocenters. The summed E-state index contributed by atoms with van der Waals surface area (Å²) in [5, 5.41) is 9.42. The predicted octanol–water partition coefficient (Wildman–Crippen LogP) is 5.13. The highest BCUT2D eigenvalue weighted by atomic mass is 35.5. The van der Waals surface area contributed by atoms with Crippen LogP contribution in [0.5, 0.6) is 0 Å². The molecule has 0 bridgehead atoms. The van der Waals surface area contributed by atoms with Crippen molar-refractivity contribution in [3.05, 3.63) is 69.5 Å². The number of benzene rings is 2. The number of halogens is 1. The summed E-state index contributed by atoms with van der Waals surface area (Å²) in [6.07, 6.45) is 1.63. The lowest BCUT2D eigenvalue weighted by Gasteiger charge is -2.13. The Morgan fingerprint density at radius 2 is 1.88 bits per heavy atom. The van der Waals surface area contributed by atoms with Gasteiger partial charge in [0, 0.05) is 10.6 Å². The molecule has 3 aromatic rings. The summed E-state index contributed by atoms with van der Waals surface area (Å²) in [6.45, 7) is 8.21. The summed E-state index contributed by atoms with van der Waals surface area (Å²) >= 11 is 7.45. The second-order valence-electron chi connectivity index (χ2n) is 6.29. The van der Waals surface area contributed by atoms with E-state index in [0.29, 0.717) is 15.9 Å². The van der Waals surface area contributed by atoms with Crippen LogP contribution < -0.4 is 0 Å². The van der Waals surface area contributed by atoms with Crippen LogP contribution in [-0.4, -0.2) is 26.3 Å². The Morgan fingerprint density at radius 1 is 1.12 bits per heavy atom. The topological polar surface area (TPSA) is 47.8 Å². The molecular formula is C20H20ClN3OS. The second kappa shape index (κ2) is 7.64. The lowest BCUT2D eigenvalue weighted by atomic mass is 9.93. The molecule has 26 heavy (non-hydrogen) atoms. The molecule has 0 aliphatic heterocycles. The van der Waals surface area contributed by atoms with E-state index in [2.05, 4.69) is 24.0 Å². The van der Waals surface area contributed by atoms with Crippen LogP contribution in [0.25, 0.3) is 5.69 Å². The minimum atomic E-state index is 0.0966. The molecule has 0 aliphatic carbocycles. The number of nitrogens with zero attached hydrogens (tertiary/aromatic N) is 3. The molecule has 0 radical (unpaired) electrons. The summed E-state index contributed by atoms with van der Waals surface area (Å²) in [5.74, 6) is 0.404. The fourth-order valence-corrected chi connectivity index (χ4v) is 3.83. The first kappa shape index (κ1) is 18.7. The number of carbonyl (C=O) groups is 1. The molecule has 0 saturated heterocycles. The third kappa shape index (κ3) is 3.69. The van der Waals surface area contributed by atoms with Crippen LogP contribution >= 0.6 is 23.4 Å². The zero-order chi connectivity index (χ0) is 18.8. The smallest absolute Gasteiger partial charge is 0.196 e.